The molecular weight excluding hydrogens is 326 g/mol. The monoisotopic (exact) mass is 347 g/mol. The Hall–Kier alpha value is -2.26. The number of benzene rings is 1. The first kappa shape index (κ1) is 17.6. The summed E-state index contributed by atoms with van der Waals surface area (Å²) >= 11 is 0. The third-order valence-electron chi connectivity index (χ3n) is 4.18. The average molecular weight is 347 g/mol. The van der Waals surface area contributed by atoms with E-state index >= 15 is 0 Å². The topological polar surface area (TPSA) is 117 Å². The SMILES string of the molecule is O=c1nc(NCCc2ccccc2)ccn1[C@H]1O[C@@H](CO)[C@@H](O)[C@H]1O. The Morgan fingerprint density at radius 2 is 1.92 bits per heavy atom. The van der Waals surface area contributed by atoms with Gasteiger partial charge < -0.3 is 25.4 Å². The summed E-state index contributed by atoms with van der Waals surface area (Å²) in [5.74, 6) is 0.420. The lowest BCUT2D eigenvalue weighted by atomic mass is 10.1. The molecule has 1 aliphatic rings. The maximum absolute atomic E-state index is 12.2. The molecule has 0 saturated carbocycles. The van der Waals surface area contributed by atoms with Crippen LogP contribution in [0.4, 0.5) is 5.82 Å². The third kappa shape index (κ3) is 3.88. The number of nitrogens with zero attached hydrogens (tertiary/aromatic N) is 2. The molecule has 0 amide bonds. The van der Waals surface area contributed by atoms with Crippen LogP contribution in [0.5, 0.6) is 0 Å². The number of anilines is 1. The third-order valence-corrected chi connectivity index (χ3v) is 4.18. The van der Waals surface area contributed by atoms with Crippen molar-refractivity contribution in [3.63, 3.8) is 0 Å². The van der Waals surface area contributed by atoms with Gasteiger partial charge in [0.25, 0.3) is 0 Å². The minimum Gasteiger partial charge on any atom is -0.394 e. The molecule has 1 aliphatic heterocycles. The van der Waals surface area contributed by atoms with Crippen molar-refractivity contribution in [1.82, 2.24) is 9.55 Å². The second-order valence-electron chi connectivity index (χ2n) is 5.89. The van der Waals surface area contributed by atoms with E-state index in [1.54, 1.807) is 6.07 Å². The summed E-state index contributed by atoms with van der Waals surface area (Å²) in [6.45, 7) is 0.171. The summed E-state index contributed by atoms with van der Waals surface area (Å²) in [5, 5.41) is 31.9. The molecule has 1 aromatic heterocycles. The molecule has 8 heteroatoms. The van der Waals surface area contributed by atoms with Crippen molar-refractivity contribution >= 4 is 5.82 Å². The zero-order chi connectivity index (χ0) is 17.8. The maximum atomic E-state index is 12.2. The summed E-state index contributed by atoms with van der Waals surface area (Å²) in [6.07, 6.45) is -2.35. The van der Waals surface area contributed by atoms with E-state index in [-0.39, 0.29) is 0 Å². The molecule has 1 aromatic carbocycles. The second-order valence-corrected chi connectivity index (χ2v) is 5.89. The zero-order valence-electron chi connectivity index (χ0n) is 13.5. The number of hydrogen-bond acceptors (Lipinski definition) is 7. The molecule has 0 bridgehead atoms. The van der Waals surface area contributed by atoms with Crippen molar-refractivity contribution in [2.24, 2.45) is 0 Å². The standard InChI is InChI=1S/C17H21N3O5/c21-10-12-14(22)15(23)16(25-12)20-9-7-13(19-17(20)24)18-8-6-11-4-2-1-3-5-11/h1-5,7,9,12,14-16,21-23H,6,8,10H2,(H,18,19,24)/t12-,14+,15+,16-/m0/s1. The summed E-state index contributed by atoms with van der Waals surface area (Å²) < 4.78 is 6.44. The predicted molar refractivity (Wildman–Crippen MR) is 90.1 cm³/mol. The molecular formula is C17H21N3O5. The first-order valence-corrected chi connectivity index (χ1v) is 8.09. The Bertz CT molecular complexity index is 751. The van der Waals surface area contributed by atoms with Crippen LogP contribution in [-0.4, -0.2) is 56.3 Å². The maximum Gasteiger partial charge on any atom is 0.351 e. The minimum atomic E-state index is -1.31. The van der Waals surface area contributed by atoms with Gasteiger partial charge in [-0.1, -0.05) is 30.3 Å². The molecule has 1 saturated heterocycles. The molecule has 0 spiro atoms. The molecule has 1 fully saturated rings. The lowest BCUT2D eigenvalue weighted by Gasteiger charge is -2.17. The van der Waals surface area contributed by atoms with Gasteiger partial charge >= 0.3 is 5.69 Å². The van der Waals surface area contributed by atoms with E-state index < -0.39 is 36.8 Å². The first-order valence-electron chi connectivity index (χ1n) is 8.09. The van der Waals surface area contributed by atoms with Crippen molar-refractivity contribution < 1.29 is 20.1 Å². The Balaban J connectivity index is 1.64. The van der Waals surface area contributed by atoms with Crippen LogP contribution in [0.25, 0.3) is 0 Å². The van der Waals surface area contributed by atoms with Gasteiger partial charge in [0.1, 0.15) is 24.1 Å². The normalized spacial score (nSPS) is 25.9. The Labute approximate surface area is 144 Å². The quantitative estimate of drug-likeness (QED) is 0.557. The van der Waals surface area contributed by atoms with E-state index in [0.29, 0.717) is 12.4 Å². The highest BCUT2D eigenvalue weighted by Gasteiger charge is 2.43. The molecule has 3 rings (SSSR count). The molecule has 2 heterocycles. The Kier molecular flexibility index (Phi) is 5.44. The van der Waals surface area contributed by atoms with Crippen LogP contribution in [0.15, 0.2) is 47.4 Å². The van der Waals surface area contributed by atoms with Crippen LogP contribution >= 0.6 is 0 Å². The van der Waals surface area contributed by atoms with Gasteiger partial charge in [0, 0.05) is 12.7 Å². The number of ether oxygens (including phenoxy) is 1. The fourth-order valence-corrected chi connectivity index (χ4v) is 2.79. The molecule has 25 heavy (non-hydrogen) atoms. The number of hydrogen-bond donors (Lipinski definition) is 4. The molecule has 0 unspecified atom stereocenters. The molecule has 8 nitrogen and oxygen atoms in total. The van der Waals surface area contributed by atoms with Crippen LogP contribution in [0.1, 0.15) is 11.8 Å². The van der Waals surface area contributed by atoms with Gasteiger partial charge in [-0.15, -0.1) is 0 Å². The number of nitrogens with one attached hydrogen (secondary N) is 1. The van der Waals surface area contributed by atoms with Gasteiger partial charge in [0.05, 0.1) is 6.61 Å². The minimum absolute atomic E-state index is 0.420. The molecule has 0 radical (unpaired) electrons. The van der Waals surface area contributed by atoms with E-state index in [2.05, 4.69) is 10.3 Å². The van der Waals surface area contributed by atoms with Crippen LogP contribution in [0, 0.1) is 0 Å². The molecule has 134 valence electrons. The number of rotatable bonds is 6. The summed E-state index contributed by atoms with van der Waals surface area (Å²) in [4.78, 5) is 16.1. The highest BCUT2D eigenvalue weighted by molar-refractivity contribution is 5.32. The largest absolute Gasteiger partial charge is 0.394 e. The van der Waals surface area contributed by atoms with E-state index in [0.717, 1.165) is 11.0 Å². The van der Waals surface area contributed by atoms with E-state index in [1.807, 2.05) is 30.3 Å². The summed E-state index contributed by atoms with van der Waals surface area (Å²) in [7, 11) is 0. The highest BCUT2D eigenvalue weighted by atomic mass is 16.6. The summed E-state index contributed by atoms with van der Waals surface area (Å²) in [6, 6.07) is 11.5. The summed E-state index contributed by atoms with van der Waals surface area (Å²) in [5.41, 5.74) is 0.564. The molecule has 2 aromatic rings. The van der Waals surface area contributed by atoms with Gasteiger partial charge in [0.15, 0.2) is 6.23 Å². The fourth-order valence-electron chi connectivity index (χ4n) is 2.79. The van der Waals surface area contributed by atoms with Gasteiger partial charge in [-0.05, 0) is 18.1 Å². The smallest absolute Gasteiger partial charge is 0.351 e. The number of aliphatic hydroxyl groups excluding tert-OH is 3. The fraction of sp³-hybridized carbons (Fsp3) is 0.412. The zero-order valence-corrected chi connectivity index (χ0v) is 13.5. The van der Waals surface area contributed by atoms with Crippen LogP contribution in [-0.2, 0) is 11.2 Å². The highest BCUT2D eigenvalue weighted by Crippen LogP contribution is 2.28. The Morgan fingerprint density at radius 3 is 2.56 bits per heavy atom. The van der Waals surface area contributed by atoms with Gasteiger partial charge in [0.2, 0.25) is 0 Å². The second kappa shape index (κ2) is 7.75. The van der Waals surface area contributed by atoms with Crippen LogP contribution < -0.4 is 11.0 Å². The average Bonchev–Trinajstić information content (AvgIpc) is 2.91. The molecule has 0 aliphatic carbocycles. The van der Waals surface area contributed by atoms with Gasteiger partial charge in [-0.3, -0.25) is 4.57 Å². The molecule has 4 atom stereocenters. The lowest BCUT2D eigenvalue weighted by Crippen LogP contribution is -2.36. The van der Waals surface area contributed by atoms with Gasteiger partial charge in [-0.25, -0.2) is 4.79 Å². The Morgan fingerprint density at radius 1 is 1.16 bits per heavy atom. The number of aromatic nitrogens is 2. The van der Waals surface area contributed by atoms with Crippen molar-refractivity contribution in [2.45, 2.75) is 31.0 Å². The first-order chi connectivity index (χ1) is 12.1. The molecule has 4 N–H and O–H groups in total. The van der Waals surface area contributed by atoms with Crippen molar-refractivity contribution in [3.8, 4) is 0 Å². The van der Waals surface area contributed by atoms with E-state index in [4.69, 9.17) is 9.84 Å². The van der Waals surface area contributed by atoms with Gasteiger partial charge in [-0.2, -0.15) is 4.98 Å². The van der Waals surface area contributed by atoms with Crippen molar-refractivity contribution in [3.05, 3.63) is 58.6 Å². The van der Waals surface area contributed by atoms with Crippen LogP contribution in [0.2, 0.25) is 0 Å². The van der Waals surface area contributed by atoms with Crippen molar-refractivity contribution in [2.75, 3.05) is 18.5 Å². The lowest BCUT2D eigenvalue weighted by molar-refractivity contribution is -0.0549. The van der Waals surface area contributed by atoms with E-state index in [1.165, 1.54) is 11.8 Å². The van der Waals surface area contributed by atoms with Crippen molar-refractivity contribution in [1.29, 1.82) is 0 Å². The number of aliphatic hydroxyl groups is 3. The predicted octanol–water partition coefficient (Wildman–Crippen LogP) is -0.491. The van der Waals surface area contributed by atoms with Crippen LogP contribution in [0.3, 0.4) is 0 Å². The van der Waals surface area contributed by atoms with E-state index in [9.17, 15) is 15.0 Å².